The van der Waals surface area contributed by atoms with E-state index in [4.69, 9.17) is 9.47 Å². The summed E-state index contributed by atoms with van der Waals surface area (Å²) in [7, 11) is 0. The molecule has 2 bridgehead atoms. The molecule has 1 N–H and O–H groups in total. The van der Waals surface area contributed by atoms with Crippen LogP contribution in [0.3, 0.4) is 0 Å². The van der Waals surface area contributed by atoms with Gasteiger partial charge in [-0.2, -0.15) is 0 Å². The third-order valence-electron chi connectivity index (χ3n) is 4.34. The molecule has 66 valence electrons. The van der Waals surface area contributed by atoms with E-state index in [2.05, 4.69) is 0 Å². The molecular formula is C9H12O3. The summed E-state index contributed by atoms with van der Waals surface area (Å²) in [5.41, 5.74) is 0. The highest BCUT2D eigenvalue weighted by Crippen LogP contribution is 2.62. The molecule has 2 saturated heterocycles. The molecule has 0 aromatic rings. The maximum atomic E-state index is 9.85. The quantitative estimate of drug-likeness (QED) is 0.552. The topological polar surface area (TPSA) is 38.7 Å². The minimum Gasteiger partial charge on any atom is -0.390 e. The van der Waals surface area contributed by atoms with Gasteiger partial charge in [0.1, 0.15) is 0 Å². The molecule has 4 aliphatic rings. The van der Waals surface area contributed by atoms with Crippen LogP contribution in [-0.4, -0.2) is 30.2 Å². The average molecular weight is 168 g/mol. The van der Waals surface area contributed by atoms with Crippen molar-refractivity contribution in [3.8, 4) is 0 Å². The van der Waals surface area contributed by atoms with E-state index in [0.717, 1.165) is 6.61 Å². The van der Waals surface area contributed by atoms with Crippen LogP contribution in [0, 0.1) is 23.7 Å². The van der Waals surface area contributed by atoms with Crippen LogP contribution >= 0.6 is 0 Å². The van der Waals surface area contributed by atoms with Crippen molar-refractivity contribution in [3.63, 3.8) is 0 Å². The van der Waals surface area contributed by atoms with Gasteiger partial charge in [-0.25, -0.2) is 0 Å². The predicted molar refractivity (Wildman–Crippen MR) is 39.2 cm³/mol. The number of hydrogen-bond donors (Lipinski definition) is 1. The standard InChI is InChI=1S/C9H12O3/c10-7-3-1-4-6-5(3)2-11-9(6)12-8(4)7/h3-10H,1-2H2. The van der Waals surface area contributed by atoms with Gasteiger partial charge in [-0.05, 0) is 24.2 Å². The second-order valence-electron chi connectivity index (χ2n) is 4.60. The summed E-state index contributed by atoms with van der Waals surface area (Å²) < 4.78 is 11.2. The second-order valence-corrected chi connectivity index (χ2v) is 4.60. The van der Waals surface area contributed by atoms with Crippen molar-refractivity contribution >= 4 is 0 Å². The van der Waals surface area contributed by atoms with Crippen molar-refractivity contribution in [2.24, 2.45) is 23.7 Å². The predicted octanol–water partition coefficient (Wildman–Crippen LogP) is -0.0155. The molecule has 0 spiro atoms. The van der Waals surface area contributed by atoms with E-state index in [1.165, 1.54) is 6.42 Å². The Morgan fingerprint density at radius 2 is 2.08 bits per heavy atom. The van der Waals surface area contributed by atoms with Gasteiger partial charge >= 0.3 is 0 Å². The monoisotopic (exact) mass is 168 g/mol. The maximum Gasteiger partial charge on any atom is 0.161 e. The molecule has 0 aromatic heterocycles. The number of ether oxygens (including phenoxy) is 2. The lowest BCUT2D eigenvalue weighted by Crippen LogP contribution is -2.37. The average Bonchev–Trinajstić information content (AvgIpc) is 2.68. The summed E-state index contributed by atoms with van der Waals surface area (Å²) in [6.07, 6.45) is 1.14. The molecule has 0 aromatic carbocycles. The molecule has 2 heterocycles. The van der Waals surface area contributed by atoms with Crippen molar-refractivity contribution in [1.82, 2.24) is 0 Å². The van der Waals surface area contributed by atoms with Crippen LogP contribution < -0.4 is 0 Å². The normalized spacial score (nSPS) is 71.2. The summed E-state index contributed by atoms with van der Waals surface area (Å²) in [6.45, 7) is 0.820. The molecule has 3 heteroatoms. The molecule has 2 saturated carbocycles. The van der Waals surface area contributed by atoms with Crippen molar-refractivity contribution in [1.29, 1.82) is 0 Å². The van der Waals surface area contributed by atoms with Crippen molar-refractivity contribution < 1.29 is 14.6 Å². The zero-order chi connectivity index (χ0) is 7.87. The smallest absolute Gasteiger partial charge is 0.161 e. The van der Waals surface area contributed by atoms with Gasteiger partial charge in [0.05, 0.1) is 18.8 Å². The number of aliphatic hydroxyl groups is 1. The molecule has 4 fully saturated rings. The van der Waals surface area contributed by atoms with E-state index in [-0.39, 0.29) is 18.5 Å². The Morgan fingerprint density at radius 3 is 3.00 bits per heavy atom. The Bertz CT molecular complexity index is 240. The number of hydrogen-bond acceptors (Lipinski definition) is 3. The summed E-state index contributed by atoms with van der Waals surface area (Å²) >= 11 is 0. The first-order valence-electron chi connectivity index (χ1n) is 4.81. The Morgan fingerprint density at radius 1 is 1.17 bits per heavy atom. The van der Waals surface area contributed by atoms with Gasteiger partial charge in [0.15, 0.2) is 6.29 Å². The highest BCUT2D eigenvalue weighted by Gasteiger charge is 2.68. The lowest BCUT2D eigenvalue weighted by molar-refractivity contribution is -0.149. The van der Waals surface area contributed by atoms with E-state index in [1.807, 2.05) is 0 Å². The van der Waals surface area contributed by atoms with Crippen LogP contribution in [-0.2, 0) is 9.47 Å². The molecule has 7 unspecified atom stereocenters. The number of fused-ring (bicyclic) bond motifs is 2. The fourth-order valence-corrected chi connectivity index (χ4v) is 3.91. The molecule has 3 nitrogen and oxygen atoms in total. The van der Waals surface area contributed by atoms with Crippen molar-refractivity contribution in [2.45, 2.75) is 24.9 Å². The Kier molecular flexibility index (Phi) is 0.908. The minimum atomic E-state index is -0.190. The molecule has 0 radical (unpaired) electrons. The zero-order valence-electron chi connectivity index (χ0n) is 6.72. The largest absolute Gasteiger partial charge is 0.390 e. The SMILES string of the molecule is OC1C2CC3C1OC1OCC2C13. The number of rotatable bonds is 0. The Balaban J connectivity index is 1.87. The van der Waals surface area contributed by atoms with Gasteiger partial charge in [-0.3, -0.25) is 0 Å². The highest BCUT2D eigenvalue weighted by molar-refractivity contribution is 5.12. The van der Waals surface area contributed by atoms with Crippen LogP contribution in [0.1, 0.15) is 6.42 Å². The van der Waals surface area contributed by atoms with Crippen LogP contribution in [0.25, 0.3) is 0 Å². The lowest BCUT2D eigenvalue weighted by Gasteiger charge is -2.27. The summed E-state index contributed by atoms with van der Waals surface area (Å²) in [5, 5.41) is 9.85. The zero-order valence-corrected chi connectivity index (χ0v) is 6.72. The van der Waals surface area contributed by atoms with Crippen LogP contribution in [0.15, 0.2) is 0 Å². The van der Waals surface area contributed by atoms with Crippen LogP contribution in [0.5, 0.6) is 0 Å². The fraction of sp³-hybridized carbons (Fsp3) is 1.00. The second kappa shape index (κ2) is 1.72. The molecule has 12 heavy (non-hydrogen) atoms. The Labute approximate surface area is 70.7 Å². The molecule has 2 aliphatic carbocycles. The van der Waals surface area contributed by atoms with Crippen molar-refractivity contribution in [3.05, 3.63) is 0 Å². The summed E-state index contributed by atoms with van der Waals surface area (Å²) in [6, 6.07) is 0. The first kappa shape index (κ1) is 6.35. The van der Waals surface area contributed by atoms with Crippen molar-refractivity contribution in [2.75, 3.05) is 6.61 Å². The van der Waals surface area contributed by atoms with Gasteiger partial charge in [-0.1, -0.05) is 0 Å². The molecule has 7 atom stereocenters. The van der Waals surface area contributed by atoms with Crippen LogP contribution in [0.4, 0.5) is 0 Å². The lowest BCUT2D eigenvalue weighted by atomic mass is 9.80. The van der Waals surface area contributed by atoms with Gasteiger partial charge in [0.2, 0.25) is 0 Å². The van der Waals surface area contributed by atoms with Gasteiger partial charge in [0.25, 0.3) is 0 Å². The highest BCUT2D eigenvalue weighted by atomic mass is 16.7. The first-order chi connectivity index (χ1) is 5.86. The van der Waals surface area contributed by atoms with E-state index in [9.17, 15) is 5.11 Å². The molecular weight excluding hydrogens is 156 g/mol. The minimum absolute atomic E-state index is 0.0344. The number of aliphatic hydroxyl groups excluding tert-OH is 1. The van der Waals surface area contributed by atoms with E-state index in [0.29, 0.717) is 23.7 Å². The molecule has 4 rings (SSSR count). The van der Waals surface area contributed by atoms with Gasteiger partial charge < -0.3 is 14.6 Å². The van der Waals surface area contributed by atoms with E-state index >= 15 is 0 Å². The van der Waals surface area contributed by atoms with E-state index in [1.54, 1.807) is 0 Å². The summed E-state index contributed by atoms with van der Waals surface area (Å²) in [4.78, 5) is 0. The first-order valence-corrected chi connectivity index (χ1v) is 4.81. The maximum absolute atomic E-state index is 9.85. The van der Waals surface area contributed by atoms with Crippen LogP contribution in [0.2, 0.25) is 0 Å². The Hall–Kier alpha value is -0.120. The van der Waals surface area contributed by atoms with E-state index < -0.39 is 0 Å². The summed E-state index contributed by atoms with van der Waals surface area (Å²) in [5.74, 6) is 2.33. The molecule has 2 aliphatic heterocycles. The van der Waals surface area contributed by atoms with Gasteiger partial charge in [-0.15, -0.1) is 0 Å². The van der Waals surface area contributed by atoms with Gasteiger partial charge in [0, 0.05) is 5.92 Å². The molecule has 0 amide bonds. The third-order valence-corrected chi connectivity index (χ3v) is 4.34. The third kappa shape index (κ3) is 0.466. The fourth-order valence-electron chi connectivity index (χ4n) is 3.91.